The molecule has 4 heteroatoms. The molecule has 0 radical (unpaired) electrons. The van der Waals surface area contributed by atoms with E-state index in [9.17, 15) is 8.78 Å². The Bertz CT molecular complexity index is 672. The fraction of sp³-hybridized carbons (Fsp3) is 0.692. The molecule has 1 heterocycles. The molecule has 0 bridgehead atoms. The van der Waals surface area contributed by atoms with Crippen LogP contribution in [0.25, 0.3) is 0 Å². The SMILES string of the molecule is C/C=C/CCC1CCC(C2CCC(c3ccc(OCCCC)c(F)c3F)CC2)CO1. The van der Waals surface area contributed by atoms with Crippen molar-refractivity contribution in [2.75, 3.05) is 13.2 Å². The van der Waals surface area contributed by atoms with Gasteiger partial charge in [-0.2, -0.15) is 4.39 Å². The van der Waals surface area contributed by atoms with Crippen molar-refractivity contribution in [2.45, 2.75) is 90.1 Å². The lowest BCUT2D eigenvalue weighted by atomic mass is 9.72. The number of halogens is 2. The molecule has 30 heavy (non-hydrogen) atoms. The van der Waals surface area contributed by atoms with Crippen LogP contribution in [-0.2, 0) is 4.74 Å². The van der Waals surface area contributed by atoms with Gasteiger partial charge >= 0.3 is 0 Å². The lowest BCUT2D eigenvalue weighted by Gasteiger charge is -2.38. The fourth-order valence-corrected chi connectivity index (χ4v) is 5.08. The van der Waals surface area contributed by atoms with Crippen LogP contribution in [-0.4, -0.2) is 19.3 Å². The summed E-state index contributed by atoms with van der Waals surface area (Å²) in [6.07, 6.45) is 15.2. The molecule has 2 fully saturated rings. The van der Waals surface area contributed by atoms with Gasteiger partial charge in [-0.15, -0.1) is 0 Å². The first-order valence-electron chi connectivity index (χ1n) is 12.0. The summed E-state index contributed by atoms with van der Waals surface area (Å²) >= 11 is 0. The van der Waals surface area contributed by atoms with Crippen LogP contribution in [0.1, 0.15) is 89.5 Å². The highest BCUT2D eigenvalue weighted by atomic mass is 19.2. The Kier molecular flexibility index (Phi) is 9.17. The van der Waals surface area contributed by atoms with E-state index in [1.807, 2.05) is 6.92 Å². The molecule has 2 atom stereocenters. The molecule has 0 spiro atoms. The van der Waals surface area contributed by atoms with Gasteiger partial charge in [0.1, 0.15) is 0 Å². The Morgan fingerprint density at radius 2 is 1.80 bits per heavy atom. The normalized spacial score (nSPS) is 27.5. The minimum atomic E-state index is -0.824. The van der Waals surface area contributed by atoms with Crippen molar-refractivity contribution in [1.82, 2.24) is 0 Å². The second kappa shape index (κ2) is 11.8. The van der Waals surface area contributed by atoms with Gasteiger partial charge in [-0.05, 0) is 94.1 Å². The third-order valence-electron chi connectivity index (χ3n) is 7.01. The summed E-state index contributed by atoms with van der Waals surface area (Å²) in [6.45, 7) is 5.40. The maximum absolute atomic E-state index is 14.7. The summed E-state index contributed by atoms with van der Waals surface area (Å²) in [6, 6.07) is 3.35. The van der Waals surface area contributed by atoms with Crippen molar-refractivity contribution in [3.05, 3.63) is 41.5 Å². The monoisotopic (exact) mass is 420 g/mol. The van der Waals surface area contributed by atoms with Crippen LogP contribution < -0.4 is 4.74 Å². The van der Waals surface area contributed by atoms with Gasteiger partial charge in [0.25, 0.3) is 0 Å². The highest BCUT2D eigenvalue weighted by molar-refractivity contribution is 5.33. The van der Waals surface area contributed by atoms with E-state index in [-0.39, 0.29) is 11.7 Å². The average molecular weight is 421 g/mol. The first-order valence-corrected chi connectivity index (χ1v) is 12.0. The van der Waals surface area contributed by atoms with Gasteiger partial charge in [0.15, 0.2) is 11.6 Å². The molecule has 1 aromatic rings. The molecule has 1 aliphatic heterocycles. The van der Waals surface area contributed by atoms with Crippen LogP contribution in [0.5, 0.6) is 5.75 Å². The highest BCUT2D eigenvalue weighted by Gasteiger charge is 2.33. The fourth-order valence-electron chi connectivity index (χ4n) is 5.08. The van der Waals surface area contributed by atoms with Crippen molar-refractivity contribution in [3.8, 4) is 5.75 Å². The zero-order valence-corrected chi connectivity index (χ0v) is 18.7. The highest BCUT2D eigenvalue weighted by Crippen LogP contribution is 2.43. The van der Waals surface area contributed by atoms with Crippen LogP contribution in [0.4, 0.5) is 8.78 Å². The standard InChI is InChI=1S/C26H38F2O2/c1-3-5-7-8-22-14-13-21(18-30-22)19-9-11-20(12-10-19)23-15-16-24(26(28)25(23)27)29-17-6-4-2/h3,5,15-16,19-22H,4,6-14,17-18H2,1-2H3/b5-3+. The van der Waals surface area contributed by atoms with Crippen molar-refractivity contribution < 1.29 is 18.3 Å². The lowest BCUT2D eigenvalue weighted by Crippen LogP contribution is -2.32. The molecule has 0 amide bonds. The van der Waals surface area contributed by atoms with Gasteiger partial charge in [0.2, 0.25) is 5.82 Å². The second-order valence-corrected chi connectivity index (χ2v) is 9.03. The molecule has 2 aliphatic rings. The van der Waals surface area contributed by atoms with E-state index in [4.69, 9.17) is 9.47 Å². The van der Waals surface area contributed by atoms with Crippen LogP contribution in [0, 0.1) is 23.5 Å². The van der Waals surface area contributed by atoms with Gasteiger partial charge in [-0.3, -0.25) is 0 Å². The quantitative estimate of drug-likeness (QED) is 0.303. The van der Waals surface area contributed by atoms with Crippen molar-refractivity contribution in [2.24, 2.45) is 11.8 Å². The topological polar surface area (TPSA) is 18.5 Å². The molecule has 0 aromatic heterocycles. The first-order chi connectivity index (χ1) is 14.6. The maximum Gasteiger partial charge on any atom is 0.200 e. The van der Waals surface area contributed by atoms with Gasteiger partial charge in [-0.25, -0.2) is 4.39 Å². The smallest absolute Gasteiger partial charge is 0.200 e. The van der Waals surface area contributed by atoms with Crippen LogP contribution >= 0.6 is 0 Å². The van der Waals surface area contributed by atoms with E-state index >= 15 is 0 Å². The van der Waals surface area contributed by atoms with E-state index in [2.05, 4.69) is 19.1 Å². The Hall–Kier alpha value is -1.42. The Morgan fingerprint density at radius 1 is 1.03 bits per heavy atom. The number of benzene rings is 1. The molecular weight excluding hydrogens is 382 g/mol. The molecule has 2 unspecified atom stereocenters. The molecule has 1 aromatic carbocycles. The summed E-state index contributed by atoms with van der Waals surface area (Å²) in [7, 11) is 0. The summed E-state index contributed by atoms with van der Waals surface area (Å²) < 4.78 is 40.7. The third-order valence-corrected chi connectivity index (χ3v) is 7.01. The predicted molar refractivity (Wildman–Crippen MR) is 118 cm³/mol. The molecular formula is C26H38F2O2. The largest absolute Gasteiger partial charge is 0.490 e. The number of unbranched alkanes of at least 4 members (excludes halogenated alkanes) is 1. The summed E-state index contributed by atoms with van der Waals surface area (Å²) in [5, 5.41) is 0. The van der Waals surface area contributed by atoms with Gasteiger partial charge < -0.3 is 9.47 Å². The van der Waals surface area contributed by atoms with Crippen LogP contribution in [0.15, 0.2) is 24.3 Å². The number of hydrogen-bond acceptors (Lipinski definition) is 2. The second-order valence-electron chi connectivity index (χ2n) is 9.03. The number of hydrogen-bond donors (Lipinski definition) is 0. The van der Waals surface area contributed by atoms with Gasteiger partial charge in [0, 0.05) is 0 Å². The molecule has 1 aliphatic carbocycles. The van der Waals surface area contributed by atoms with E-state index in [0.29, 0.717) is 30.1 Å². The number of ether oxygens (including phenoxy) is 2. The molecule has 2 nitrogen and oxygen atoms in total. The number of allylic oxidation sites excluding steroid dienone is 2. The van der Waals surface area contributed by atoms with Crippen LogP contribution in [0.2, 0.25) is 0 Å². The van der Waals surface area contributed by atoms with Crippen molar-refractivity contribution in [1.29, 1.82) is 0 Å². The Morgan fingerprint density at radius 3 is 2.47 bits per heavy atom. The predicted octanol–water partition coefficient (Wildman–Crippen LogP) is 7.57. The van der Waals surface area contributed by atoms with Crippen molar-refractivity contribution >= 4 is 0 Å². The lowest BCUT2D eigenvalue weighted by molar-refractivity contribution is -0.0402. The van der Waals surface area contributed by atoms with E-state index in [0.717, 1.165) is 64.4 Å². The molecule has 3 rings (SSSR count). The van der Waals surface area contributed by atoms with Crippen LogP contribution in [0.3, 0.4) is 0 Å². The average Bonchev–Trinajstić information content (AvgIpc) is 2.78. The number of rotatable bonds is 9. The maximum atomic E-state index is 14.7. The van der Waals surface area contributed by atoms with Gasteiger partial charge in [0.05, 0.1) is 19.3 Å². The molecule has 1 saturated heterocycles. The first kappa shape index (κ1) is 23.2. The zero-order chi connectivity index (χ0) is 21.3. The molecule has 168 valence electrons. The minimum Gasteiger partial charge on any atom is -0.490 e. The Labute approximate surface area is 181 Å². The Balaban J connectivity index is 1.48. The third kappa shape index (κ3) is 6.06. The van der Waals surface area contributed by atoms with E-state index < -0.39 is 11.6 Å². The van der Waals surface area contributed by atoms with E-state index in [1.165, 1.54) is 6.42 Å². The molecule has 0 N–H and O–H groups in total. The summed E-state index contributed by atoms with van der Waals surface area (Å²) in [4.78, 5) is 0. The molecule has 1 saturated carbocycles. The van der Waals surface area contributed by atoms with Gasteiger partial charge in [-0.1, -0.05) is 31.6 Å². The summed E-state index contributed by atoms with van der Waals surface area (Å²) in [5.41, 5.74) is 0.526. The zero-order valence-electron chi connectivity index (χ0n) is 18.7. The minimum absolute atomic E-state index is 0.0433. The summed E-state index contributed by atoms with van der Waals surface area (Å²) in [5.74, 6) is -0.102. The van der Waals surface area contributed by atoms with Crippen molar-refractivity contribution in [3.63, 3.8) is 0 Å². The van der Waals surface area contributed by atoms with E-state index in [1.54, 1.807) is 12.1 Å².